The molecule has 1 atom stereocenters. The highest BCUT2D eigenvalue weighted by Gasteiger charge is 2.55. The van der Waals surface area contributed by atoms with Gasteiger partial charge in [0.15, 0.2) is 0 Å². The SMILES string of the molecule is COc1ccccc1NC(=O)C(=O)NCC(O)(c1ccccc1)C(F)(F)F. The normalized spacial score (nSPS) is 13.4. The maximum atomic E-state index is 13.4. The van der Waals surface area contributed by atoms with Crippen LogP contribution >= 0.6 is 0 Å². The second-order valence-electron chi connectivity index (χ2n) is 5.56. The van der Waals surface area contributed by atoms with Gasteiger partial charge in [0.25, 0.3) is 0 Å². The van der Waals surface area contributed by atoms with Crippen molar-refractivity contribution in [3.8, 4) is 5.75 Å². The lowest BCUT2D eigenvalue weighted by atomic mass is 9.93. The molecule has 0 aliphatic heterocycles. The summed E-state index contributed by atoms with van der Waals surface area (Å²) in [6.07, 6.45) is -5.07. The van der Waals surface area contributed by atoms with Gasteiger partial charge in [0.05, 0.1) is 19.3 Å². The van der Waals surface area contributed by atoms with E-state index in [0.29, 0.717) is 0 Å². The fourth-order valence-corrected chi connectivity index (χ4v) is 2.30. The molecule has 2 amide bonds. The molecule has 0 fully saturated rings. The van der Waals surface area contributed by atoms with Gasteiger partial charge in [-0.15, -0.1) is 0 Å². The zero-order valence-electron chi connectivity index (χ0n) is 14.2. The van der Waals surface area contributed by atoms with Crippen molar-refractivity contribution in [3.63, 3.8) is 0 Å². The summed E-state index contributed by atoms with van der Waals surface area (Å²) in [4.78, 5) is 23.9. The molecule has 0 radical (unpaired) electrons. The molecule has 0 aliphatic rings. The number of aliphatic hydroxyl groups is 1. The van der Waals surface area contributed by atoms with Crippen LogP contribution in [0.3, 0.4) is 0 Å². The molecule has 2 rings (SSSR count). The van der Waals surface area contributed by atoms with Crippen LogP contribution in [-0.2, 0) is 15.2 Å². The molecule has 9 heteroatoms. The predicted octanol–water partition coefficient (Wildman–Crippen LogP) is 2.20. The zero-order chi connectivity index (χ0) is 20.1. The van der Waals surface area contributed by atoms with Crippen molar-refractivity contribution in [3.05, 3.63) is 60.2 Å². The van der Waals surface area contributed by atoms with Gasteiger partial charge in [-0.25, -0.2) is 0 Å². The molecule has 2 aromatic carbocycles. The van der Waals surface area contributed by atoms with E-state index in [-0.39, 0.29) is 11.4 Å². The largest absolute Gasteiger partial charge is 0.495 e. The lowest BCUT2D eigenvalue weighted by Gasteiger charge is -2.31. The summed E-state index contributed by atoms with van der Waals surface area (Å²) in [7, 11) is 1.36. The van der Waals surface area contributed by atoms with E-state index in [9.17, 15) is 27.9 Å². The van der Waals surface area contributed by atoms with E-state index < -0.39 is 35.7 Å². The van der Waals surface area contributed by atoms with E-state index in [1.165, 1.54) is 37.4 Å². The molecule has 0 aromatic heterocycles. The van der Waals surface area contributed by atoms with E-state index in [2.05, 4.69) is 5.32 Å². The molecule has 0 aliphatic carbocycles. The number of hydrogen-bond acceptors (Lipinski definition) is 4. The molecule has 0 saturated carbocycles. The highest BCUT2D eigenvalue weighted by atomic mass is 19.4. The van der Waals surface area contributed by atoms with Gasteiger partial charge in [0.2, 0.25) is 5.60 Å². The molecule has 144 valence electrons. The molecule has 6 nitrogen and oxygen atoms in total. The molecule has 0 heterocycles. The Balaban J connectivity index is 2.11. The summed E-state index contributed by atoms with van der Waals surface area (Å²) >= 11 is 0. The van der Waals surface area contributed by atoms with Crippen molar-refractivity contribution in [1.82, 2.24) is 5.32 Å². The molecular weight excluding hydrogens is 365 g/mol. The number of carbonyl (C=O) groups is 2. The molecule has 0 bridgehead atoms. The third-order valence-electron chi connectivity index (χ3n) is 3.79. The van der Waals surface area contributed by atoms with E-state index in [0.717, 1.165) is 12.1 Å². The van der Waals surface area contributed by atoms with Crippen LogP contribution in [0.4, 0.5) is 18.9 Å². The molecule has 2 aromatic rings. The first kappa shape index (κ1) is 20.2. The Morgan fingerprint density at radius 3 is 2.19 bits per heavy atom. The van der Waals surface area contributed by atoms with Gasteiger partial charge >= 0.3 is 18.0 Å². The lowest BCUT2D eigenvalue weighted by molar-refractivity contribution is -0.264. The second kappa shape index (κ2) is 8.09. The minimum atomic E-state index is -5.07. The van der Waals surface area contributed by atoms with Crippen molar-refractivity contribution in [2.45, 2.75) is 11.8 Å². The number of ether oxygens (including phenoxy) is 1. The Labute approximate surface area is 153 Å². The van der Waals surface area contributed by atoms with Gasteiger partial charge in [-0.05, 0) is 17.7 Å². The van der Waals surface area contributed by atoms with Gasteiger partial charge in [-0.3, -0.25) is 9.59 Å². The zero-order valence-corrected chi connectivity index (χ0v) is 14.2. The summed E-state index contributed by atoms with van der Waals surface area (Å²) in [5.41, 5.74) is -3.62. The molecule has 0 saturated heterocycles. The van der Waals surface area contributed by atoms with Crippen LogP contribution in [-0.4, -0.2) is 36.8 Å². The van der Waals surface area contributed by atoms with Crippen LogP contribution < -0.4 is 15.4 Å². The topological polar surface area (TPSA) is 87.7 Å². The van der Waals surface area contributed by atoms with Crippen LogP contribution in [0.25, 0.3) is 0 Å². The first-order valence-electron chi connectivity index (χ1n) is 7.76. The number of carbonyl (C=O) groups excluding carboxylic acids is 2. The van der Waals surface area contributed by atoms with Gasteiger partial charge in [-0.1, -0.05) is 42.5 Å². The fourth-order valence-electron chi connectivity index (χ4n) is 2.30. The van der Waals surface area contributed by atoms with E-state index >= 15 is 0 Å². The Kier molecular flexibility index (Phi) is 6.06. The number of methoxy groups -OCH3 is 1. The van der Waals surface area contributed by atoms with E-state index in [1.54, 1.807) is 12.1 Å². The monoisotopic (exact) mass is 382 g/mol. The van der Waals surface area contributed by atoms with Crippen molar-refractivity contribution in [1.29, 1.82) is 0 Å². The third kappa shape index (κ3) is 4.56. The summed E-state index contributed by atoms with van der Waals surface area (Å²) < 4.78 is 45.1. The van der Waals surface area contributed by atoms with Crippen LogP contribution in [0, 0.1) is 0 Å². The number of anilines is 1. The van der Waals surface area contributed by atoms with Crippen LogP contribution in [0.15, 0.2) is 54.6 Å². The number of benzene rings is 2. The highest BCUT2D eigenvalue weighted by Crippen LogP contribution is 2.38. The Morgan fingerprint density at radius 2 is 1.59 bits per heavy atom. The molecule has 27 heavy (non-hydrogen) atoms. The average molecular weight is 382 g/mol. The van der Waals surface area contributed by atoms with Gasteiger partial charge in [-0.2, -0.15) is 13.2 Å². The van der Waals surface area contributed by atoms with Crippen LogP contribution in [0.1, 0.15) is 5.56 Å². The highest BCUT2D eigenvalue weighted by molar-refractivity contribution is 6.39. The Bertz CT molecular complexity index is 812. The fraction of sp³-hybridized carbons (Fsp3) is 0.222. The second-order valence-corrected chi connectivity index (χ2v) is 5.56. The number of rotatable bonds is 5. The first-order valence-corrected chi connectivity index (χ1v) is 7.76. The van der Waals surface area contributed by atoms with Gasteiger partial charge in [0.1, 0.15) is 5.75 Å². The molecule has 0 spiro atoms. The number of halogens is 3. The molecular formula is C18H17F3N2O4. The Hall–Kier alpha value is -3.07. The van der Waals surface area contributed by atoms with E-state index in [1.807, 2.05) is 5.32 Å². The van der Waals surface area contributed by atoms with Crippen molar-refractivity contribution >= 4 is 17.5 Å². The summed E-state index contributed by atoms with van der Waals surface area (Å²) in [6, 6.07) is 12.5. The maximum absolute atomic E-state index is 13.4. The van der Waals surface area contributed by atoms with E-state index in [4.69, 9.17) is 4.74 Å². The minimum Gasteiger partial charge on any atom is -0.495 e. The summed E-state index contributed by atoms with van der Waals surface area (Å²) in [5, 5.41) is 14.2. The quantitative estimate of drug-likeness (QED) is 0.692. The summed E-state index contributed by atoms with van der Waals surface area (Å²) in [5.74, 6) is -2.26. The smallest absolute Gasteiger partial charge is 0.423 e. The number of alkyl halides is 3. The number of nitrogens with one attached hydrogen (secondary N) is 2. The van der Waals surface area contributed by atoms with Crippen LogP contribution in [0.2, 0.25) is 0 Å². The number of amides is 2. The lowest BCUT2D eigenvalue weighted by Crippen LogP contribution is -2.52. The van der Waals surface area contributed by atoms with Crippen molar-refractivity contribution in [2.75, 3.05) is 19.0 Å². The van der Waals surface area contributed by atoms with Crippen LogP contribution in [0.5, 0.6) is 5.75 Å². The predicted molar refractivity (Wildman–Crippen MR) is 91.0 cm³/mol. The summed E-state index contributed by atoms with van der Waals surface area (Å²) in [6.45, 7) is -1.22. The molecule has 1 unspecified atom stereocenters. The maximum Gasteiger partial charge on any atom is 0.423 e. The van der Waals surface area contributed by atoms with Crippen molar-refractivity contribution < 1.29 is 32.6 Å². The first-order chi connectivity index (χ1) is 12.7. The number of para-hydroxylation sites is 2. The standard InChI is InChI=1S/C18H17F3N2O4/c1-27-14-10-6-5-9-13(14)23-16(25)15(24)22-11-17(26,18(19,20)21)12-7-3-2-4-8-12/h2-10,26H,11H2,1H3,(H,22,24)(H,23,25). The minimum absolute atomic E-state index is 0.175. The average Bonchev–Trinajstić information content (AvgIpc) is 2.65. The van der Waals surface area contributed by atoms with Gasteiger partial charge in [0, 0.05) is 0 Å². The van der Waals surface area contributed by atoms with Crippen molar-refractivity contribution in [2.24, 2.45) is 0 Å². The van der Waals surface area contributed by atoms with Gasteiger partial charge < -0.3 is 20.5 Å². The number of hydrogen-bond donors (Lipinski definition) is 3. The Morgan fingerprint density at radius 1 is 1.00 bits per heavy atom. The third-order valence-corrected chi connectivity index (χ3v) is 3.79. The molecule has 3 N–H and O–H groups in total.